The molecule has 0 radical (unpaired) electrons. The van der Waals surface area contributed by atoms with E-state index in [1.807, 2.05) is 0 Å². The molecular formula is C54H59Cl4F3N6O9S3. The Morgan fingerprint density at radius 1 is 0.456 bits per heavy atom. The Kier molecular flexibility index (Phi) is 20.1. The third-order valence-electron chi connectivity index (χ3n) is 14.0. The monoisotopic (exact) mass is 1230 g/mol. The first kappa shape index (κ1) is 62.3. The second kappa shape index (κ2) is 25.4. The maximum Gasteiger partial charge on any atom is 0.240 e. The lowest BCUT2D eigenvalue weighted by molar-refractivity contribution is 0.0159. The standard InChI is InChI=1S/C18H19Cl2FN2O3S.C18H20Cl2N2O3S.C18H20F2N2O3S/c1-18(24)6-4-12(5-7-18)23-27(25,26)13-2-3-14(16(21)9-13)17-15(20)8-11(19)10-22-17;2*1-18(23)8-6-14(7-9-18)22-26(24,25)15-4-2-12(3-5-15)17-16(20)10-13(19)11-21-17/h2-3,8-10,12,23-24H,4-7H2,1H3;2*2-5,10-11,14,22-23H,6-9H2,1H3. The van der Waals surface area contributed by atoms with E-state index in [1.54, 1.807) is 39.0 Å². The van der Waals surface area contributed by atoms with Gasteiger partial charge in [0, 0.05) is 53.3 Å². The molecule has 3 heterocycles. The molecule has 0 saturated heterocycles. The minimum Gasteiger partial charge on any atom is -0.390 e. The lowest BCUT2D eigenvalue weighted by Gasteiger charge is -2.33. The van der Waals surface area contributed by atoms with Gasteiger partial charge in [0.25, 0.3) is 0 Å². The number of benzene rings is 3. The van der Waals surface area contributed by atoms with Crippen LogP contribution in [-0.2, 0) is 30.1 Å². The zero-order valence-electron chi connectivity index (χ0n) is 43.0. The lowest BCUT2D eigenvalue weighted by atomic mass is 9.84. The number of aliphatic hydroxyl groups is 3. The largest absolute Gasteiger partial charge is 0.390 e. The first-order valence-electron chi connectivity index (χ1n) is 25.1. The Morgan fingerprint density at radius 2 is 0.797 bits per heavy atom. The smallest absolute Gasteiger partial charge is 0.240 e. The maximum atomic E-state index is 14.6. The van der Waals surface area contributed by atoms with E-state index < -0.39 is 64.3 Å². The number of rotatable bonds is 12. The van der Waals surface area contributed by atoms with Gasteiger partial charge in [-0.1, -0.05) is 70.7 Å². The van der Waals surface area contributed by atoms with Crippen molar-refractivity contribution in [3.05, 3.63) is 141 Å². The predicted octanol–water partition coefficient (Wildman–Crippen LogP) is 11.2. The summed E-state index contributed by atoms with van der Waals surface area (Å²) in [6, 6.07) is 18.7. The average molecular weight is 1230 g/mol. The fraction of sp³-hybridized carbons (Fsp3) is 0.389. The molecule has 3 aromatic heterocycles. The van der Waals surface area contributed by atoms with Crippen LogP contribution in [0, 0.1) is 17.5 Å². The summed E-state index contributed by atoms with van der Waals surface area (Å²) in [6.07, 6.45) is 10.4. The Hall–Kier alpha value is -4.33. The average Bonchev–Trinajstić information content (AvgIpc) is 3.37. The van der Waals surface area contributed by atoms with Crippen molar-refractivity contribution in [1.29, 1.82) is 0 Å². The van der Waals surface area contributed by atoms with Crippen LogP contribution in [-0.4, -0.2) is 90.5 Å². The first-order chi connectivity index (χ1) is 36.9. The molecule has 9 rings (SSSR count). The fourth-order valence-electron chi connectivity index (χ4n) is 9.24. The topological polar surface area (TPSA) is 238 Å². The number of hydrogen-bond donors (Lipinski definition) is 6. The van der Waals surface area contributed by atoms with Gasteiger partial charge in [0.2, 0.25) is 30.1 Å². The van der Waals surface area contributed by atoms with E-state index in [1.165, 1.54) is 67.0 Å². The van der Waals surface area contributed by atoms with Crippen molar-refractivity contribution in [3.8, 4) is 33.8 Å². The normalized spacial score (nSPS) is 23.6. The SMILES string of the molecule is CC1(O)CCC(NS(=O)(=O)c2ccc(-c3ncc(Cl)cc3Cl)c(F)c2)CC1.CC1(O)CCC(NS(=O)(=O)c2ccc(-c3ncc(Cl)cc3Cl)cc2)CC1.CC1(O)CCC(NS(=O)(=O)c2ccc(-c3ncc(F)cc3F)cc2)CC1. The highest BCUT2D eigenvalue weighted by molar-refractivity contribution is 7.90. The number of hydrogen-bond acceptors (Lipinski definition) is 12. The quantitative estimate of drug-likeness (QED) is 0.0671. The molecule has 6 N–H and O–H groups in total. The summed E-state index contributed by atoms with van der Waals surface area (Å²) in [7, 11) is -11.2. The van der Waals surface area contributed by atoms with Gasteiger partial charge in [-0.2, -0.15) is 0 Å². The highest BCUT2D eigenvalue weighted by Gasteiger charge is 2.34. The molecule has 3 aliphatic rings. The molecule has 79 heavy (non-hydrogen) atoms. The van der Waals surface area contributed by atoms with Crippen molar-refractivity contribution >= 4 is 76.5 Å². The third-order valence-corrected chi connectivity index (χ3v) is 19.5. The van der Waals surface area contributed by atoms with E-state index in [4.69, 9.17) is 46.4 Å². The Labute approximate surface area is 478 Å². The summed E-state index contributed by atoms with van der Waals surface area (Å²) in [6.45, 7) is 5.27. The van der Waals surface area contributed by atoms with Gasteiger partial charge < -0.3 is 15.3 Å². The van der Waals surface area contributed by atoms with Crippen LogP contribution >= 0.6 is 46.4 Å². The van der Waals surface area contributed by atoms with Crippen LogP contribution in [0.15, 0.2) is 118 Å². The Morgan fingerprint density at radius 3 is 1.16 bits per heavy atom. The van der Waals surface area contributed by atoms with Crippen molar-refractivity contribution in [2.75, 3.05) is 0 Å². The minimum atomic E-state index is -3.88. The summed E-state index contributed by atoms with van der Waals surface area (Å²) in [5.41, 5.74) is -0.366. The number of aromatic nitrogens is 3. The van der Waals surface area contributed by atoms with Gasteiger partial charge in [-0.15, -0.1) is 0 Å². The van der Waals surface area contributed by atoms with Gasteiger partial charge in [0.1, 0.15) is 17.3 Å². The second-order valence-corrected chi connectivity index (χ2v) is 27.6. The molecule has 25 heteroatoms. The number of sulfonamides is 3. The number of nitrogens with one attached hydrogen (secondary N) is 3. The molecule has 0 spiro atoms. The van der Waals surface area contributed by atoms with Gasteiger partial charge in [0.05, 0.1) is 69.2 Å². The van der Waals surface area contributed by atoms with E-state index in [0.717, 1.165) is 18.3 Å². The molecule has 3 aromatic carbocycles. The molecule has 15 nitrogen and oxygen atoms in total. The Balaban J connectivity index is 0.000000172. The van der Waals surface area contributed by atoms with Crippen LogP contribution in [0.5, 0.6) is 0 Å². The summed E-state index contributed by atoms with van der Waals surface area (Å²) in [4.78, 5) is 12.0. The van der Waals surface area contributed by atoms with Gasteiger partial charge in [-0.05, 0) is 152 Å². The molecular weight excluding hydrogens is 1170 g/mol. The molecule has 0 aliphatic heterocycles. The fourth-order valence-corrected chi connectivity index (χ4v) is 14.1. The van der Waals surface area contributed by atoms with E-state index in [-0.39, 0.29) is 54.8 Å². The Bertz CT molecular complexity index is 3320. The summed E-state index contributed by atoms with van der Waals surface area (Å²) in [5.74, 6) is -2.34. The summed E-state index contributed by atoms with van der Waals surface area (Å²) in [5, 5.41) is 31.2. The molecule has 6 aromatic rings. The molecule has 3 saturated carbocycles. The van der Waals surface area contributed by atoms with Crippen LogP contribution in [0.4, 0.5) is 13.2 Å². The zero-order valence-corrected chi connectivity index (χ0v) is 48.5. The summed E-state index contributed by atoms with van der Waals surface area (Å²) < 4.78 is 125. The maximum absolute atomic E-state index is 14.6. The second-order valence-electron chi connectivity index (χ2n) is 20.8. The van der Waals surface area contributed by atoms with Crippen molar-refractivity contribution in [3.63, 3.8) is 0 Å². The zero-order chi connectivity index (χ0) is 57.7. The van der Waals surface area contributed by atoms with E-state index in [2.05, 4.69) is 29.1 Å². The number of nitrogens with zero attached hydrogens (tertiary/aromatic N) is 3. The van der Waals surface area contributed by atoms with E-state index in [9.17, 15) is 53.7 Å². The van der Waals surface area contributed by atoms with Gasteiger partial charge in [-0.3, -0.25) is 15.0 Å². The first-order valence-corrected chi connectivity index (χ1v) is 31.0. The van der Waals surface area contributed by atoms with Crippen molar-refractivity contribution in [1.82, 2.24) is 29.1 Å². The minimum absolute atomic E-state index is 0.0437. The molecule has 3 fully saturated rings. The van der Waals surface area contributed by atoms with Gasteiger partial charge in [0.15, 0.2) is 5.82 Å². The van der Waals surface area contributed by atoms with Gasteiger partial charge >= 0.3 is 0 Å². The van der Waals surface area contributed by atoms with Crippen molar-refractivity contribution in [2.45, 2.75) is 147 Å². The molecule has 0 amide bonds. The molecule has 426 valence electrons. The lowest BCUT2D eigenvalue weighted by Crippen LogP contribution is -2.42. The van der Waals surface area contributed by atoms with Crippen LogP contribution in [0.25, 0.3) is 33.8 Å². The van der Waals surface area contributed by atoms with Gasteiger partial charge in [-0.25, -0.2) is 52.6 Å². The molecule has 0 unspecified atom stereocenters. The number of halogens is 7. The summed E-state index contributed by atoms with van der Waals surface area (Å²) >= 11 is 23.8. The van der Waals surface area contributed by atoms with Crippen LogP contribution in [0.3, 0.4) is 0 Å². The highest BCUT2D eigenvalue weighted by Crippen LogP contribution is 2.35. The van der Waals surface area contributed by atoms with Crippen LogP contribution in [0.1, 0.15) is 97.8 Å². The highest BCUT2D eigenvalue weighted by atomic mass is 35.5. The van der Waals surface area contributed by atoms with Crippen molar-refractivity contribution in [2.24, 2.45) is 0 Å². The molecule has 3 aliphatic carbocycles. The molecule has 0 atom stereocenters. The number of pyridine rings is 3. The van der Waals surface area contributed by atoms with Crippen LogP contribution in [0.2, 0.25) is 20.1 Å². The van der Waals surface area contributed by atoms with E-state index >= 15 is 0 Å². The predicted molar refractivity (Wildman–Crippen MR) is 299 cm³/mol. The van der Waals surface area contributed by atoms with E-state index in [0.29, 0.717) is 109 Å². The van der Waals surface area contributed by atoms with Crippen LogP contribution < -0.4 is 14.2 Å². The molecule has 0 bridgehead atoms. The van der Waals surface area contributed by atoms with Crippen molar-refractivity contribution < 1.29 is 53.7 Å². The third kappa shape index (κ3) is 17.1.